The van der Waals surface area contributed by atoms with Gasteiger partial charge < -0.3 is 20.9 Å². The van der Waals surface area contributed by atoms with Crippen LogP contribution in [0.3, 0.4) is 0 Å². The van der Waals surface area contributed by atoms with Gasteiger partial charge in [-0.05, 0) is 25.5 Å². The Morgan fingerprint density at radius 1 is 1.50 bits per heavy atom. The average molecular weight is 251 g/mol. The number of benzene rings is 1. The van der Waals surface area contributed by atoms with Crippen molar-refractivity contribution in [2.45, 2.75) is 13.8 Å². The van der Waals surface area contributed by atoms with E-state index in [2.05, 4.69) is 5.16 Å². The molecule has 1 aromatic carbocycles. The van der Waals surface area contributed by atoms with Crippen molar-refractivity contribution in [3.8, 4) is 5.75 Å². The lowest BCUT2D eigenvalue weighted by molar-refractivity contribution is 0.0783. The Morgan fingerprint density at radius 2 is 2.17 bits per heavy atom. The maximum absolute atomic E-state index is 12.2. The van der Waals surface area contributed by atoms with Crippen molar-refractivity contribution in [1.29, 1.82) is 0 Å². The summed E-state index contributed by atoms with van der Waals surface area (Å²) in [6, 6.07) is 4.95. The molecule has 0 aliphatic heterocycles. The van der Waals surface area contributed by atoms with E-state index in [0.29, 0.717) is 12.1 Å². The number of aryl methyl sites for hydroxylation is 1. The zero-order valence-corrected chi connectivity index (χ0v) is 10.4. The number of carbonyl (C=O) groups is 1. The van der Waals surface area contributed by atoms with Crippen LogP contribution in [0.25, 0.3) is 0 Å². The second-order valence-corrected chi connectivity index (χ2v) is 3.88. The summed E-state index contributed by atoms with van der Waals surface area (Å²) in [6.07, 6.45) is 0. The van der Waals surface area contributed by atoms with Crippen LogP contribution in [-0.4, -0.2) is 40.0 Å². The maximum atomic E-state index is 12.2. The predicted molar refractivity (Wildman–Crippen MR) is 67.8 cm³/mol. The molecule has 0 aromatic heterocycles. The Bertz CT molecular complexity index is 472. The van der Waals surface area contributed by atoms with E-state index < -0.39 is 0 Å². The van der Waals surface area contributed by atoms with Crippen molar-refractivity contribution in [1.82, 2.24) is 4.90 Å². The number of hydrogen-bond donors (Lipinski definition) is 3. The molecule has 1 rings (SSSR count). The summed E-state index contributed by atoms with van der Waals surface area (Å²) in [6.45, 7) is 3.89. The minimum atomic E-state index is -0.356. The standard InChI is InChI=1S/C12H17N3O3/c1-3-15(7-10(13)14-18)12(17)9-6-4-5-8(2)11(9)16/h4-6,16,18H,3,7H2,1-2H3,(H2,13,14). The summed E-state index contributed by atoms with van der Waals surface area (Å²) in [5.74, 6) is -0.455. The second-order valence-electron chi connectivity index (χ2n) is 3.88. The summed E-state index contributed by atoms with van der Waals surface area (Å²) in [5.41, 5.74) is 6.21. The van der Waals surface area contributed by atoms with Gasteiger partial charge >= 0.3 is 0 Å². The Labute approximate surface area is 105 Å². The van der Waals surface area contributed by atoms with Gasteiger partial charge in [0.25, 0.3) is 5.91 Å². The Kier molecular flexibility index (Phi) is 4.53. The van der Waals surface area contributed by atoms with Gasteiger partial charge in [0.2, 0.25) is 0 Å². The number of likely N-dealkylation sites (N-methyl/N-ethyl adjacent to an activating group) is 1. The lowest BCUT2D eigenvalue weighted by atomic mass is 10.1. The SMILES string of the molecule is CCN(CC(N)=NO)C(=O)c1cccc(C)c1O. The van der Waals surface area contributed by atoms with Gasteiger partial charge in [0, 0.05) is 6.54 Å². The van der Waals surface area contributed by atoms with Crippen LogP contribution in [0.1, 0.15) is 22.8 Å². The summed E-state index contributed by atoms with van der Waals surface area (Å²) in [4.78, 5) is 13.6. The second kappa shape index (κ2) is 5.90. The highest BCUT2D eigenvalue weighted by Gasteiger charge is 2.19. The van der Waals surface area contributed by atoms with E-state index in [9.17, 15) is 9.90 Å². The topological polar surface area (TPSA) is 99.1 Å². The fourth-order valence-electron chi connectivity index (χ4n) is 1.56. The van der Waals surface area contributed by atoms with E-state index >= 15 is 0 Å². The van der Waals surface area contributed by atoms with Gasteiger partial charge in [-0.1, -0.05) is 17.3 Å². The lowest BCUT2D eigenvalue weighted by Gasteiger charge is -2.20. The molecule has 0 unspecified atom stereocenters. The van der Waals surface area contributed by atoms with Crippen LogP contribution >= 0.6 is 0 Å². The van der Waals surface area contributed by atoms with Crippen molar-refractivity contribution < 1.29 is 15.1 Å². The predicted octanol–water partition coefficient (Wildman–Crippen LogP) is 0.909. The highest BCUT2D eigenvalue weighted by molar-refractivity contribution is 5.99. The van der Waals surface area contributed by atoms with E-state index in [1.165, 1.54) is 4.90 Å². The normalized spacial score (nSPS) is 11.3. The van der Waals surface area contributed by atoms with Crippen molar-refractivity contribution in [3.63, 3.8) is 0 Å². The molecule has 0 spiro atoms. The van der Waals surface area contributed by atoms with E-state index in [1.54, 1.807) is 32.0 Å². The first-order valence-electron chi connectivity index (χ1n) is 5.55. The summed E-state index contributed by atoms with van der Waals surface area (Å²) in [7, 11) is 0. The number of nitrogens with zero attached hydrogens (tertiary/aromatic N) is 2. The minimum Gasteiger partial charge on any atom is -0.507 e. The monoisotopic (exact) mass is 251 g/mol. The lowest BCUT2D eigenvalue weighted by Crippen LogP contribution is -2.38. The number of amidine groups is 1. The van der Waals surface area contributed by atoms with E-state index in [1.807, 2.05) is 0 Å². The summed E-state index contributed by atoms with van der Waals surface area (Å²) >= 11 is 0. The maximum Gasteiger partial charge on any atom is 0.258 e. The quantitative estimate of drug-likeness (QED) is 0.320. The fourth-order valence-corrected chi connectivity index (χ4v) is 1.56. The van der Waals surface area contributed by atoms with Gasteiger partial charge in [-0.15, -0.1) is 0 Å². The third kappa shape index (κ3) is 2.91. The number of aromatic hydroxyl groups is 1. The number of para-hydroxylation sites is 1. The Morgan fingerprint density at radius 3 is 2.72 bits per heavy atom. The van der Waals surface area contributed by atoms with Crippen LogP contribution in [0.2, 0.25) is 0 Å². The molecule has 6 heteroatoms. The largest absolute Gasteiger partial charge is 0.507 e. The van der Waals surface area contributed by atoms with Crippen LogP contribution in [-0.2, 0) is 0 Å². The smallest absolute Gasteiger partial charge is 0.258 e. The molecule has 0 bridgehead atoms. The van der Waals surface area contributed by atoms with Crippen LogP contribution in [0, 0.1) is 6.92 Å². The van der Waals surface area contributed by atoms with Gasteiger partial charge in [0.05, 0.1) is 12.1 Å². The van der Waals surface area contributed by atoms with Crippen LogP contribution in [0.4, 0.5) is 0 Å². The zero-order chi connectivity index (χ0) is 13.7. The molecular formula is C12H17N3O3. The molecule has 1 aromatic rings. The van der Waals surface area contributed by atoms with Gasteiger partial charge in [-0.2, -0.15) is 0 Å². The molecule has 0 aliphatic rings. The molecule has 6 nitrogen and oxygen atoms in total. The molecule has 0 saturated heterocycles. The minimum absolute atomic E-state index is 0.0131. The van der Waals surface area contributed by atoms with Gasteiger partial charge in [0.1, 0.15) is 5.75 Å². The van der Waals surface area contributed by atoms with Gasteiger partial charge in [0.15, 0.2) is 5.84 Å². The van der Waals surface area contributed by atoms with Gasteiger partial charge in [-0.3, -0.25) is 4.79 Å². The van der Waals surface area contributed by atoms with Crippen molar-refractivity contribution in [2.24, 2.45) is 10.9 Å². The number of hydrogen-bond acceptors (Lipinski definition) is 4. The van der Waals surface area contributed by atoms with Gasteiger partial charge in [-0.25, -0.2) is 0 Å². The number of carbonyl (C=O) groups excluding carboxylic acids is 1. The van der Waals surface area contributed by atoms with Crippen LogP contribution in [0.5, 0.6) is 5.75 Å². The number of nitrogens with two attached hydrogens (primary N) is 1. The summed E-state index contributed by atoms with van der Waals surface area (Å²) < 4.78 is 0. The van der Waals surface area contributed by atoms with Crippen LogP contribution < -0.4 is 5.73 Å². The first kappa shape index (κ1) is 13.8. The molecule has 0 atom stereocenters. The number of amides is 1. The third-order valence-corrected chi connectivity index (χ3v) is 2.62. The van der Waals surface area contributed by atoms with E-state index in [4.69, 9.17) is 10.9 Å². The molecule has 0 fully saturated rings. The highest BCUT2D eigenvalue weighted by Crippen LogP contribution is 2.22. The molecule has 0 heterocycles. The first-order valence-corrected chi connectivity index (χ1v) is 5.55. The van der Waals surface area contributed by atoms with Crippen molar-refractivity contribution >= 4 is 11.7 Å². The summed E-state index contributed by atoms with van der Waals surface area (Å²) in [5, 5.41) is 21.2. The molecule has 4 N–H and O–H groups in total. The number of phenolic OH excluding ortho intramolecular Hbond substituents is 1. The fraction of sp³-hybridized carbons (Fsp3) is 0.333. The molecule has 0 saturated carbocycles. The first-order chi connectivity index (χ1) is 8.51. The third-order valence-electron chi connectivity index (χ3n) is 2.62. The number of rotatable bonds is 4. The average Bonchev–Trinajstić information content (AvgIpc) is 2.38. The van der Waals surface area contributed by atoms with Crippen molar-refractivity contribution in [3.05, 3.63) is 29.3 Å². The molecule has 98 valence electrons. The molecule has 0 aliphatic carbocycles. The number of phenols is 1. The molecule has 0 radical (unpaired) electrons. The van der Waals surface area contributed by atoms with E-state index in [0.717, 1.165) is 0 Å². The zero-order valence-electron chi connectivity index (χ0n) is 10.4. The van der Waals surface area contributed by atoms with E-state index in [-0.39, 0.29) is 29.6 Å². The molecule has 18 heavy (non-hydrogen) atoms. The number of oxime groups is 1. The molecule has 1 amide bonds. The molecular weight excluding hydrogens is 234 g/mol. The Balaban J connectivity index is 3.00. The highest BCUT2D eigenvalue weighted by atomic mass is 16.4. The van der Waals surface area contributed by atoms with Crippen molar-refractivity contribution in [2.75, 3.05) is 13.1 Å². The Hall–Kier alpha value is -2.24. The van der Waals surface area contributed by atoms with Crippen LogP contribution in [0.15, 0.2) is 23.4 Å².